The predicted molar refractivity (Wildman–Crippen MR) is 65.4 cm³/mol. The Bertz CT molecular complexity index is 497. The molecule has 0 unspecified atom stereocenters. The molecule has 90 valence electrons. The summed E-state index contributed by atoms with van der Waals surface area (Å²) in [5.41, 5.74) is -1.00. The smallest absolute Gasteiger partial charge is 0.359 e. The molecule has 2 nitrogen and oxygen atoms in total. The third-order valence-electron chi connectivity index (χ3n) is 1.80. The average Bonchev–Trinajstić information content (AvgIpc) is 2.19. The van der Waals surface area contributed by atoms with Crippen LogP contribution in [0, 0.1) is 11.3 Å². The molecule has 0 aromatic rings. The van der Waals surface area contributed by atoms with Gasteiger partial charge in [0, 0.05) is 6.20 Å². The molecule has 0 bridgehead atoms. The van der Waals surface area contributed by atoms with Crippen molar-refractivity contribution in [3.63, 3.8) is 0 Å². The highest BCUT2D eigenvalue weighted by Crippen LogP contribution is 2.32. The molecule has 0 saturated heterocycles. The quantitative estimate of drug-likeness (QED) is 0.338. The zero-order chi connectivity index (χ0) is 13.2. The summed E-state index contributed by atoms with van der Waals surface area (Å²) in [6.07, 6.45) is -3.08. The number of nitriles is 1. The highest BCUT2D eigenvalue weighted by Gasteiger charge is 2.34. The fourth-order valence-electron chi connectivity index (χ4n) is 1.04. The largest absolute Gasteiger partial charge is 0.417 e. The first-order chi connectivity index (χ1) is 7.77. The second-order valence-electron chi connectivity index (χ2n) is 2.90. The maximum absolute atomic E-state index is 12.3. The average molecular weight is 297 g/mol. The van der Waals surface area contributed by atoms with Crippen LogP contribution in [0.4, 0.5) is 13.2 Å². The molecule has 1 aliphatic heterocycles. The summed E-state index contributed by atoms with van der Waals surface area (Å²) >= 11 is 14.1. The van der Waals surface area contributed by atoms with Crippen molar-refractivity contribution in [1.82, 2.24) is 5.32 Å². The van der Waals surface area contributed by atoms with Crippen molar-refractivity contribution in [3.05, 3.63) is 34.2 Å². The van der Waals surface area contributed by atoms with E-state index in [1.165, 1.54) is 0 Å². The Morgan fingerprint density at radius 2 is 2.12 bits per heavy atom. The van der Waals surface area contributed by atoms with Crippen molar-refractivity contribution in [2.24, 2.45) is 0 Å². The zero-order valence-corrected chi connectivity index (χ0v) is 10.4. The Hall–Kier alpha value is -0.970. The molecule has 0 aliphatic carbocycles. The van der Waals surface area contributed by atoms with Gasteiger partial charge in [-0.05, 0) is 6.08 Å². The van der Waals surface area contributed by atoms with Gasteiger partial charge in [0.15, 0.2) is 0 Å². The summed E-state index contributed by atoms with van der Waals surface area (Å²) in [6, 6.07) is 1.72. The molecule has 0 radical (unpaired) electrons. The number of halogens is 4. The molecule has 1 rings (SSSR count). The van der Waals surface area contributed by atoms with Gasteiger partial charge in [0.2, 0.25) is 0 Å². The topological polar surface area (TPSA) is 35.8 Å². The molecule has 1 aliphatic rings. The maximum atomic E-state index is 12.3. The van der Waals surface area contributed by atoms with Gasteiger partial charge >= 0.3 is 6.18 Å². The van der Waals surface area contributed by atoms with Gasteiger partial charge in [0.1, 0.15) is 11.6 Å². The van der Waals surface area contributed by atoms with Gasteiger partial charge < -0.3 is 5.32 Å². The van der Waals surface area contributed by atoms with E-state index in [1.54, 1.807) is 6.07 Å². The highest BCUT2D eigenvalue weighted by molar-refractivity contribution is 8.11. The molecule has 17 heavy (non-hydrogen) atoms. The summed E-state index contributed by atoms with van der Waals surface area (Å²) in [5.74, 6) is 0. The predicted octanol–water partition coefficient (Wildman–Crippen LogP) is 3.19. The van der Waals surface area contributed by atoms with Gasteiger partial charge in [-0.2, -0.15) is 18.4 Å². The van der Waals surface area contributed by atoms with Crippen molar-refractivity contribution in [3.8, 4) is 6.07 Å². The van der Waals surface area contributed by atoms with Crippen molar-refractivity contribution in [2.75, 3.05) is 0 Å². The van der Waals surface area contributed by atoms with Crippen LogP contribution in [0.2, 0.25) is 0 Å². The van der Waals surface area contributed by atoms with Gasteiger partial charge in [0.25, 0.3) is 0 Å². The third kappa shape index (κ3) is 3.25. The first-order valence-electron chi connectivity index (χ1n) is 4.06. The van der Waals surface area contributed by atoms with E-state index in [4.69, 9.17) is 16.9 Å². The summed E-state index contributed by atoms with van der Waals surface area (Å²) in [5, 5.41) is 10.8. The lowest BCUT2D eigenvalue weighted by atomic mass is 10.1. The zero-order valence-electron chi connectivity index (χ0n) is 7.97. The second-order valence-corrected chi connectivity index (χ2v) is 4.47. The fourth-order valence-corrected chi connectivity index (χ4v) is 1.61. The fraction of sp³-hybridized carbons (Fsp3) is 0.111. The summed E-state index contributed by atoms with van der Waals surface area (Å²) in [7, 11) is 0. The molecule has 0 saturated carbocycles. The molecule has 0 atom stereocenters. The lowest BCUT2D eigenvalue weighted by molar-refractivity contribution is -0.0886. The number of thiol groups is 1. The minimum atomic E-state index is -4.51. The monoisotopic (exact) mass is 296 g/mol. The second kappa shape index (κ2) is 5.12. The van der Waals surface area contributed by atoms with E-state index in [1.807, 2.05) is 0 Å². The minimum Gasteiger partial charge on any atom is -0.359 e. The summed E-state index contributed by atoms with van der Waals surface area (Å²) < 4.78 is 37.0. The van der Waals surface area contributed by atoms with Crippen LogP contribution in [-0.2, 0) is 0 Å². The van der Waals surface area contributed by atoms with Crippen molar-refractivity contribution in [1.29, 1.82) is 5.26 Å². The molecule has 1 heterocycles. The van der Waals surface area contributed by atoms with Crippen LogP contribution in [0.3, 0.4) is 0 Å². The minimum absolute atomic E-state index is 0.0159. The molecule has 0 aromatic heterocycles. The summed E-state index contributed by atoms with van der Waals surface area (Å²) in [6.45, 7) is 0. The van der Waals surface area contributed by atoms with Crippen LogP contribution in [0.25, 0.3) is 0 Å². The van der Waals surface area contributed by atoms with Crippen LogP contribution >= 0.6 is 36.4 Å². The molecule has 0 amide bonds. The number of hydrogen-bond donors (Lipinski definition) is 2. The molecule has 0 aromatic carbocycles. The number of nitrogens with one attached hydrogen (secondary N) is 1. The Kier molecular flexibility index (Phi) is 4.25. The van der Waals surface area contributed by atoms with E-state index >= 15 is 0 Å². The van der Waals surface area contributed by atoms with Crippen molar-refractivity contribution in [2.45, 2.75) is 6.18 Å². The van der Waals surface area contributed by atoms with Gasteiger partial charge in [-0.1, -0.05) is 23.8 Å². The Labute approximate surface area is 111 Å². The molecule has 0 fully saturated rings. The lowest BCUT2D eigenvalue weighted by Crippen LogP contribution is -2.21. The standard InChI is InChI=1S/C9H4ClF3N2S2/c10-6-1-4(9(11,12)13)3-15-7(6)5(2-14)8(16)17/h1,3,15H,(H,16,17). The van der Waals surface area contributed by atoms with Crippen LogP contribution in [0.15, 0.2) is 34.2 Å². The van der Waals surface area contributed by atoms with Crippen molar-refractivity contribution < 1.29 is 13.2 Å². The van der Waals surface area contributed by atoms with E-state index < -0.39 is 11.7 Å². The number of alkyl halides is 3. The normalized spacial score (nSPS) is 18.6. The Balaban J connectivity index is 3.20. The number of rotatable bonds is 1. The SMILES string of the molecule is N#CC(C(=S)S)=C1NC=C(C(F)(F)F)C=C1Cl. The highest BCUT2D eigenvalue weighted by atomic mass is 35.5. The van der Waals surface area contributed by atoms with Gasteiger partial charge in [0.05, 0.1) is 20.5 Å². The number of nitrogens with zero attached hydrogens (tertiary/aromatic N) is 1. The summed E-state index contributed by atoms with van der Waals surface area (Å²) in [4.78, 5) is 0. The first kappa shape index (κ1) is 14.1. The number of hydrogen-bond acceptors (Lipinski definition) is 3. The molecule has 1 N–H and O–H groups in total. The molecule has 8 heteroatoms. The van der Waals surface area contributed by atoms with E-state index in [9.17, 15) is 13.2 Å². The van der Waals surface area contributed by atoms with Crippen LogP contribution < -0.4 is 5.32 Å². The van der Waals surface area contributed by atoms with Crippen LogP contribution in [0.1, 0.15) is 0 Å². The van der Waals surface area contributed by atoms with E-state index in [0.717, 1.165) is 6.08 Å². The molecular formula is C9H4ClF3N2S2. The first-order valence-corrected chi connectivity index (χ1v) is 5.30. The van der Waals surface area contributed by atoms with E-state index in [-0.39, 0.29) is 20.5 Å². The van der Waals surface area contributed by atoms with Crippen molar-refractivity contribution >= 4 is 40.6 Å². The third-order valence-corrected chi connectivity index (χ3v) is 2.52. The Morgan fingerprint density at radius 3 is 2.47 bits per heavy atom. The van der Waals surface area contributed by atoms with E-state index in [2.05, 4.69) is 30.2 Å². The maximum Gasteiger partial charge on any atom is 0.417 e. The van der Waals surface area contributed by atoms with Gasteiger partial charge in [-0.3, -0.25) is 0 Å². The number of allylic oxidation sites excluding steroid dienone is 3. The molecular weight excluding hydrogens is 293 g/mol. The molecule has 0 spiro atoms. The number of thiocarbonyl (C=S) groups is 1. The van der Waals surface area contributed by atoms with Gasteiger partial charge in [-0.15, -0.1) is 12.6 Å². The van der Waals surface area contributed by atoms with Crippen LogP contribution in [-0.4, -0.2) is 10.4 Å². The lowest BCUT2D eigenvalue weighted by Gasteiger charge is -2.17. The van der Waals surface area contributed by atoms with Crippen LogP contribution in [0.5, 0.6) is 0 Å². The van der Waals surface area contributed by atoms with E-state index in [0.29, 0.717) is 6.20 Å². The Morgan fingerprint density at radius 1 is 1.53 bits per heavy atom. The number of dihydropyridines is 1. The van der Waals surface area contributed by atoms with Gasteiger partial charge in [-0.25, -0.2) is 0 Å².